The van der Waals surface area contributed by atoms with E-state index in [0.29, 0.717) is 19.3 Å². The van der Waals surface area contributed by atoms with E-state index in [4.69, 9.17) is 15.3 Å². The highest BCUT2D eigenvalue weighted by Gasteiger charge is 2.27. The molecule has 0 aliphatic carbocycles. The van der Waals surface area contributed by atoms with E-state index in [-0.39, 0.29) is 25.2 Å². The minimum absolute atomic E-state index is 0.0482. The molecule has 3 N–H and O–H groups in total. The van der Waals surface area contributed by atoms with Crippen LogP contribution in [0.5, 0.6) is 0 Å². The van der Waals surface area contributed by atoms with Gasteiger partial charge >= 0.3 is 0 Å². The van der Waals surface area contributed by atoms with Gasteiger partial charge < -0.3 is 15.3 Å². The largest absolute Gasteiger partial charge is 0.396 e. The van der Waals surface area contributed by atoms with Crippen molar-refractivity contribution in [3.8, 4) is 0 Å². The Morgan fingerprint density at radius 2 is 1.20 bits per heavy atom. The normalized spacial score (nSPS) is 12.0. The molecule has 0 bridgehead atoms. The molecule has 0 aliphatic heterocycles. The summed E-state index contributed by atoms with van der Waals surface area (Å²) in [5.41, 5.74) is -0.0482. The number of aliphatic hydroxyl groups excluding tert-OH is 3. The highest BCUT2D eigenvalue weighted by atomic mass is 16.3. The van der Waals surface area contributed by atoms with Crippen molar-refractivity contribution in [2.24, 2.45) is 5.41 Å². The summed E-state index contributed by atoms with van der Waals surface area (Å²) < 4.78 is 0. The Morgan fingerprint density at radius 1 is 0.733 bits per heavy atom. The SMILES string of the molecule is CCCCCC(CCO)(CCO)CCO. The Morgan fingerprint density at radius 3 is 1.53 bits per heavy atom. The van der Waals surface area contributed by atoms with E-state index in [1.807, 2.05) is 0 Å². The van der Waals surface area contributed by atoms with E-state index >= 15 is 0 Å². The quantitative estimate of drug-likeness (QED) is 0.489. The zero-order valence-corrected chi connectivity index (χ0v) is 9.91. The van der Waals surface area contributed by atoms with Crippen molar-refractivity contribution in [2.75, 3.05) is 19.8 Å². The number of aliphatic hydroxyl groups is 3. The van der Waals surface area contributed by atoms with E-state index < -0.39 is 0 Å². The van der Waals surface area contributed by atoms with Crippen LogP contribution in [-0.2, 0) is 0 Å². The first-order chi connectivity index (χ1) is 7.24. The molecular formula is C12H26O3. The molecule has 0 aliphatic rings. The van der Waals surface area contributed by atoms with E-state index in [9.17, 15) is 0 Å². The third-order valence-electron chi connectivity index (χ3n) is 3.24. The van der Waals surface area contributed by atoms with Gasteiger partial charge in [-0.25, -0.2) is 0 Å². The summed E-state index contributed by atoms with van der Waals surface area (Å²) >= 11 is 0. The van der Waals surface area contributed by atoms with Crippen molar-refractivity contribution in [1.82, 2.24) is 0 Å². The van der Waals surface area contributed by atoms with E-state index in [1.54, 1.807) is 0 Å². The first-order valence-electron chi connectivity index (χ1n) is 6.07. The highest BCUT2D eigenvalue weighted by molar-refractivity contribution is 4.79. The molecule has 0 aromatic carbocycles. The lowest BCUT2D eigenvalue weighted by atomic mass is 9.74. The van der Waals surface area contributed by atoms with Crippen molar-refractivity contribution in [3.05, 3.63) is 0 Å². The maximum Gasteiger partial charge on any atom is 0.0436 e. The second-order valence-corrected chi connectivity index (χ2v) is 4.38. The molecule has 0 heterocycles. The van der Waals surface area contributed by atoms with Crippen molar-refractivity contribution in [3.63, 3.8) is 0 Å². The Bertz CT molecular complexity index is 120. The highest BCUT2D eigenvalue weighted by Crippen LogP contribution is 2.36. The summed E-state index contributed by atoms with van der Waals surface area (Å²) in [4.78, 5) is 0. The van der Waals surface area contributed by atoms with Gasteiger partial charge in [0.05, 0.1) is 0 Å². The van der Waals surface area contributed by atoms with Gasteiger partial charge in [-0.05, 0) is 31.1 Å². The molecule has 92 valence electrons. The fourth-order valence-electron chi connectivity index (χ4n) is 2.21. The molecule has 0 amide bonds. The zero-order chi connectivity index (χ0) is 11.6. The van der Waals surface area contributed by atoms with E-state index in [2.05, 4.69) is 6.92 Å². The Kier molecular flexibility index (Phi) is 9.06. The maximum atomic E-state index is 9.05. The van der Waals surface area contributed by atoms with E-state index in [1.165, 1.54) is 12.8 Å². The summed E-state index contributed by atoms with van der Waals surface area (Å²) in [6, 6.07) is 0. The fourth-order valence-corrected chi connectivity index (χ4v) is 2.21. The van der Waals surface area contributed by atoms with Crippen LogP contribution in [0.2, 0.25) is 0 Å². The standard InChI is InChI=1S/C12H26O3/c1-2-3-4-5-12(6-9-13,7-10-14)8-11-15/h13-15H,2-11H2,1H3. The fraction of sp³-hybridized carbons (Fsp3) is 1.00. The van der Waals surface area contributed by atoms with Crippen LogP contribution in [0.1, 0.15) is 51.9 Å². The van der Waals surface area contributed by atoms with Crippen LogP contribution in [-0.4, -0.2) is 35.1 Å². The Balaban J connectivity index is 4.18. The second kappa shape index (κ2) is 9.13. The second-order valence-electron chi connectivity index (χ2n) is 4.38. The minimum atomic E-state index is -0.0482. The first-order valence-corrected chi connectivity index (χ1v) is 6.07. The molecule has 0 saturated carbocycles. The third-order valence-corrected chi connectivity index (χ3v) is 3.24. The predicted octanol–water partition coefficient (Wildman–Crippen LogP) is 1.70. The van der Waals surface area contributed by atoms with Crippen molar-refractivity contribution < 1.29 is 15.3 Å². The van der Waals surface area contributed by atoms with Crippen molar-refractivity contribution in [2.45, 2.75) is 51.9 Å². The van der Waals surface area contributed by atoms with Gasteiger partial charge in [-0.1, -0.05) is 26.2 Å². The lowest BCUT2D eigenvalue weighted by Crippen LogP contribution is -2.25. The minimum Gasteiger partial charge on any atom is -0.396 e. The van der Waals surface area contributed by atoms with Crippen LogP contribution in [0.15, 0.2) is 0 Å². The molecule has 3 heteroatoms. The smallest absolute Gasteiger partial charge is 0.0436 e. The van der Waals surface area contributed by atoms with Gasteiger partial charge in [-0.15, -0.1) is 0 Å². The van der Waals surface area contributed by atoms with Gasteiger partial charge in [0.2, 0.25) is 0 Å². The Hall–Kier alpha value is -0.120. The Labute approximate surface area is 93.1 Å². The van der Waals surface area contributed by atoms with Crippen LogP contribution >= 0.6 is 0 Å². The van der Waals surface area contributed by atoms with Gasteiger partial charge in [0.25, 0.3) is 0 Å². The molecule has 3 nitrogen and oxygen atoms in total. The van der Waals surface area contributed by atoms with Crippen LogP contribution in [0.4, 0.5) is 0 Å². The first kappa shape index (κ1) is 14.9. The monoisotopic (exact) mass is 218 g/mol. The molecule has 0 unspecified atom stereocenters. The van der Waals surface area contributed by atoms with Gasteiger partial charge in [0, 0.05) is 19.8 Å². The van der Waals surface area contributed by atoms with Crippen LogP contribution in [0.3, 0.4) is 0 Å². The van der Waals surface area contributed by atoms with Crippen LogP contribution in [0, 0.1) is 5.41 Å². The van der Waals surface area contributed by atoms with Crippen molar-refractivity contribution >= 4 is 0 Å². The number of hydrogen-bond donors (Lipinski definition) is 3. The van der Waals surface area contributed by atoms with Crippen LogP contribution < -0.4 is 0 Å². The number of rotatable bonds is 10. The van der Waals surface area contributed by atoms with Gasteiger partial charge in [-0.3, -0.25) is 0 Å². The molecule has 0 aromatic rings. The predicted molar refractivity (Wildman–Crippen MR) is 61.7 cm³/mol. The molecular weight excluding hydrogens is 192 g/mol. The summed E-state index contributed by atoms with van der Waals surface area (Å²) in [7, 11) is 0. The summed E-state index contributed by atoms with van der Waals surface area (Å²) in [6.07, 6.45) is 6.56. The van der Waals surface area contributed by atoms with Gasteiger partial charge in [-0.2, -0.15) is 0 Å². The molecule has 0 aromatic heterocycles. The third kappa shape index (κ3) is 6.13. The van der Waals surface area contributed by atoms with Crippen LogP contribution in [0.25, 0.3) is 0 Å². The average Bonchev–Trinajstić information content (AvgIpc) is 2.19. The summed E-state index contributed by atoms with van der Waals surface area (Å²) in [5, 5.41) is 27.1. The number of hydrogen-bond acceptors (Lipinski definition) is 3. The lowest BCUT2D eigenvalue weighted by molar-refractivity contribution is 0.0887. The molecule has 0 radical (unpaired) electrons. The average molecular weight is 218 g/mol. The van der Waals surface area contributed by atoms with Gasteiger partial charge in [0.1, 0.15) is 0 Å². The molecule has 0 rings (SSSR count). The summed E-state index contributed by atoms with van der Waals surface area (Å²) in [5.74, 6) is 0. The molecule has 0 fully saturated rings. The molecule has 0 atom stereocenters. The van der Waals surface area contributed by atoms with E-state index in [0.717, 1.165) is 12.8 Å². The van der Waals surface area contributed by atoms with Crippen molar-refractivity contribution in [1.29, 1.82) is 0 Å². The molecule has 0 spiro atoms. The molecule has 15 heavy (non-hydrogen) atoms. The number of unbranched alkanes of at least 4 members (excludes halogenated alkanes) is 2. The lowest BCUT2D eigenvalue weighted by Gasteiger charge is -2.32. The molecule has 0 saturated heterocycles. The van der Waals surface area contributed by atoms with Gasteiger partial charge in [0.15, 0.2) is 0 Å². The topological polar surface area (TPSA) is 60.7 Å². The maximum absolute atomic E-state index is 9.05. The zero-order valence-electron chi connectivity index (χ0n) is 9.91. The summed E-state index contributed by atoms with van der Waals surface area (Å²) in [6.45, 7) is 2.59.